The highest BCUT2D eigenvalue weighted by molar-refractivity contribution is 6.30. The molecule has 2 aromatic rings. The van der Waals surface area contributed by atoms with Gasteiger partial charge in [0.05, 0.1) is 6.20 Å². The molecule has 0 radical (unpaired) electrons. The highest BCUT2D eigenvalue weighted by Gasteiger charge is 2.05. The zero-order valence-electron chi connectivity index (χ0n) is 10.3. The van der Waals surface area contributed by atoms with Crippen LogP contribution >= 0.6 is 11.6 Å². The molecule has 4 heteroatoms. The summed E-state index contributed by atoms with van der Waals surface area (Å²) in [5, 5.41) is 8.34. The van der Waals surface area contributed by atoms with Crippen molar-refractivity contribution in [3.05, 3.63) is 59.4 Å². The third kappa shape index (κ3) is 3.22. The molecule has 0 saturated heterocycles. The van der Waals surface area contributed by atoms with Gasteiger partial charge in [0.25, 0.3) is 0 Å². The number of aromatic nitrogens is 2. The average molecular weight is 262 g/mol. The first kappa shape index (κ1) is 12.9. The molecule has 2 rings (SSSR count). The molecule has 1 atom stereocenters. The zero-order chi connectivity index (χ0) is 13.0. The molecule has 0 aliphatic rings. The first-order valence-corrected chi connectivity index (χ1v) is 6.21. The number of rotatable bonds is 5. The van der Waals surface area contributed by atoms with Crippen molar-refractivity contribution in [2.45, 2.75) is 19.5 Å². The lowest BCUT2D eigenvalue weighted by molar-refractivity contribution is 0.575. The minimum Gasteiger partial charge on any atom is -0.306 e. The quantitative estimate of drug-likeness (QED) is 0.893. The lowest BCUT2D eigenvalue weighted by atomic mass is 10.1. The number of nitrogens with one attached hydrogen (secondary N) is 1. The van der Waals surface area contributed by atoms with E-state index in [-0.39, 0.29) is 6.04 Å². The minimum atomic E-state index is 0.273. The topological polar surface area (TPSA) is 29.9 Å². The first-order valence-electron chi connectivity index (χ1n) is 5.83. The van der Waals surface area contributed by atoms with Crippen LogP contribution in [-0.2, 0) is 6.54 Å². The van der Waals surface area contributed by atoms with Crippen molar-refractivity contribution in [3.63, 3.8) is 0 Å². The molecule has 0 spiro atoms. The molecule has 0 amide bonds. The van der Waals surface area contributed by atoms with Gasteiger partial charge in [0, 0.05) is 35.6 Å². The van der Waals surface area contributed by atoms with Crippen molar-refractivity contribution in [1.82, 2.24) is 15.1 Å². The fourth-order valence-corrected chi connectivity index (χ4v) is 1.83. The van der Waals surface area contributed by atoms with Crippen molar-refractivity contribution in [2.75, 3.05) is 0 Å². The molecule has 3 nitrogen and oxygen atoms in total. The third-order valence-electron chi connectivity index (χ3n) is 2.82. The molecule has 18 heavy (non-hydrogen) atoms. The van der Waals surface area contributed by atoms with Crippen molar-refractivity contribution in [3.8, 4) is 0 Å². The second-order valence-corrected chi connectivity index (χ2v) is 4.60. The van der Waals surface area contributed by atoms with Gasteiger partial charge in [-0.1, -0.05) is 30.3 Å². The largest absolute Gasteiger partial charge is 0.306 e. The molecule has 0 bridgehead atoms. The smallest absolute Gasteiger partial charge is 0.0538 e. The Labute approximate surface area is 112 Å². The molecule has 1 aromatic carbocycles. The van der Waals surface area contributed by atoms with Gasteiger partial charge in [0.1, 0.15) is 0 Å². The molecule has 94 valence electrons. The molecular weight excluding hydrogens is 246 g/mol. The first-order chi connectivity index (χ1) is 8.69. The van der Waals surface area contributed by atoms with E-state index in [4.69, 9.17) is 11.6 Å². The molecule has 1 N–H and O–H groups in total. The molecular formula is C14H16ClN3. The van der Waals surface area contributed by atoms with Crippen molar-refractivity contribution < 1.29 is 0 Å². The monoisotopic (exact) mass is 261 g/mol. The molecule has 1 heterocycles. The van der Waals surface area contributed by atoms with Crippen molar-refractivity contribution in [1.29, 1.82) is 0 Å². The summed E-state index contributed by atoms with van der Waals surface area (Å²) in [7, 11) is 0. The molecule has 0 aliphatic carbocycles. The SMILES string of the molecule is C=Cn1cc(CNC(C)c2ccc(Cl)cc2)cn1. The number of halogens is 1. The van der Waals surface area contributed by atoms with Crippen LogP contribution in [0.1, 0.15) is 24.1 Å². The summed E-state index contributed by atoms with van der Waals surface area (Å²) in [5.41, 5.74) is 2.35. The Kier molecular flexibility index (Phi) is 4.18. The Morgan fingerprint density at radius 2 is 2.17 bits per heavy atom. The molecule has 1 unspecified atom stereocenters. The van der Waals surface area contributed by atoms with Gasteiger partial charge < -0.3 is 5.32 Å². The summed E-state index contributed by atoms with van der Waals surface area (Å²) in [6.07, 6.45) is 5.46. The van der Waals surface area contributed by atoms with Crippen LogP contribution in [0.2, 0.25) is 5.02 Å². The normalized spacial score (nSPS) is 12.3. The lowest BCUT2D eigenvalue weighted by Gasteiger charge is -2.13. The number of nitrogens with zero attached hydrogens (tertiary/aromatic N) is 2. The summed E-state index contributed by atoms with van der Waals surface area (Å²) < 4.78 is 1.70. The maximum atomic E-state index is 5.87. The van der Waals surface area contributed by atoms with Gasteiger partial charge >= 0.3 is 0 Å². The summed E-state index contributed by atoms with van der Waals surface area (Å²) in [4.78, 5) is 0. The molecule has 1 aromatic heterocycles. The summed E-state index contributed by atoms with van der Waals surface area (Å²) in [6.45, 7) is 6.56. The van der Waals surface area contributed by atoms with E-state index in [0.717, 1.165) is 17.1 Å². The number of benzene rings is 1. The van der Waals surface area contributed by atoms with Crippen molar-refractivity contribution >= 4 is 17.8 Å². The fraction of sp³-hybridized carbons (Fsp3) is 0.214. The molecule has 0 aliphatic heterocycles. The number of hydrogen-bond acceptors (Lipinski definition) is 2. The van der Waals surface area contributed by atoms with Crippen LogP contribution in [0.3, 0.4) is 0 Å². The maximum Gasteiger partial charge on any atom is 0.0538 e. The number of hydrogen-bond donors (Lipinski definition) is 1. The van der Waals surface area contributed by atoms with Crippen molar-refractivity contribution in [2.24, 2.45) is 0 Å². The van der Waals surface area contributed by atoms with E-state index < -0.39 is 0 Å². The average Bonchev–Trinajstić information content (AvgIpc) is 2.85. The summed E-state index contributed by atoms with van der Waals surface area (Å²) in [5.74, 6) is 0. The van der Waals surface area contributed by atoms with Gasteiger partial charge in [-0.2, -0.15) is 5.10 Å². The Balaban J connectivity index is 1.93. The Morgan fingerprint density at radius 3 is 2.78 bits per heavy atom. The second-order valence-electron chi connectivity index (χ2n) is 4.17. The standard InChI is InChI=1S/C14H16ClN3/c1-3-18-10-12(9-17-18)8-16-11(2)13-4-6-14(15)7-5-13/h3-7,9-11,16H,1,8H2,2H3. The third-order valence-corrected chi connectivity index (χ3v) is 3.08. The second kappa shape index (κ2) is 5.85. The van der Waals surface area contributed by atoms with Crippen LogP contribution < -0.4 is 5.32 Å². The highest BCUT2D eigenvalue weighted by Crippen LogP contribution is 2.16. The summed E-state index contributed by atoms with van der Waals surface area (Å²) in [6, 6.07) is 8.16. The van der Waals surface area contributed by atoms with Gasteiger partial charge in [-0.15, -0.1) is 0 Å². The van der Waals surface area contributed by atoms with Gasteiger partial charge in [0.15, 0.2) is 0 Å². The van der Waals surface area contributed by atoms with Gasteiger partial charge in [-0.05, 0) is 24.6 Å². The Morgan fingerprint density at radius 1 is 1.44 bits per heavy atom. The summed E-state index contributed by atoms with van der Waals surface area (Å²) >= 11 is 5.87. The fourth-order valence-electron chi connectivity index (χ4n) is 1.71. The van der Waals surface area contributed by atoms with Gasteiger partial charge in [-0.3, -0.25) is 0 Å². The van der Waals surface area contributed by atoms with Gasteiger partial charge in [-0.25, -0.2) is 4.68 Å². The highest BCUT2D eigenvalue weighted by atomic mass is 35.5. The van der Waals surface area contributed by atoms with E-state index in [1.54, 1.807) is 10.9 Å². The Bertz CT molecular complexity index is 516. The lowest BCUT2D eigenvalue weighted by Crippen LogP contribution is -2.17. The van der Waals surface area contributed by atoms with Gasteiger partial charge in [0.2, 0.25) is 0 Å². The zero-order valence-corrected chi connectivity index (χ0v) is 11.1. The molecule has 0 fully saturated rings. The predicted octanol–water partition coefficient (Wildman–Crippen LogP) is 3.49. The maximum absolute atomic E-state index is 5.87. The van der Waals surface area contributed by atoms with E-state index in [2.05, 4.69) is 23.9 Å². The van der Waals surface area contributed by atoms with Crippen LogP contribution in [0.15, 0.2) is 43.2 Å². The van der Waals surface area contributed by atoms with E-state index in [0.29, 0.717) is 0 Å². The minimum absolute atomic E-state index is 0.273. The molecule has 0 saturated carbocycles. The van der Waals surface area contributed by atoms with Crippen LogP contribution in [0, 0.1) is 0 Å². The van der Waals surface area contributed by atoms with E-state index in [1.807, 2.05) is 36.7 Å². The van der Waals surface area contributed by atoms with E-state index in [1.165, 1.54) is 5.56 Å². The van der Waals surface area contributed by atoms with E-state index in [9.17, 15) is 0 Å². The Hall–Kier alpha value is -1.58. The van der Waals surface area contributed by atoms with Crippen LogP contribution in [0.25, 0.3) is 6.20 Å². The van der Waals surface area contributed by atoms with E-state index >= 15 is 0 Å². The van der Waals surface area contributed by atoms with Crippen LogP contribution in [0.5, 0.6) is 0 Å². The van der Waals surface area contributed by atoms with Crippen LogP contribution in [0.4, 0.5) is 0 Å². The predicted molar refractivity (Wildman–Crippen MR) is 75.3 cm³/mol. The van der Waals surface area contributed by atoms with Crippen LogP contribution in [-0.4, -0.2) is 9.78 Å².